The van der Waals surface area contributed by atoms with Crippen LogP contribution in [0.1, 0.15) is 18.4 Å². The van der Waals surface area contributed by atoms with Gasteiger partial charge in [-0.1, -0.05) is 12.1 Å². The van der Waals surface area contributed by atoms with Gasteiger partial charge in [-0.2, -0.15) is 0 Å². The van der Waals surface area contributed by atoms with Gasteiger partial charge >= 0.3 is 5.69 Å². The first-order valence-electron chi connectivity index (χ1n) is 9.33. The summed E-state index contributed by atoms with van der Waals surface area (Å²) in [5, 5.41) is 2.98. The van der Waals surface area contributed by atoms with Gasteiger partial charge in [-0.15, -0.1) is 0 Å². The Kier molecular flexibility index (Phi) is 5.87. The van der Waals surface area contributed by atoms with Crippen molar-refractivity contribution in [3.63, 3.8) is 0 Å². The molecular formula is C20H26N4O4. The minimum Gasteiger partial charge on any atom is -0.497 e. The Balaban J connectivity index is 1.66. The van der Waals surface area contributed by atoms with Crippen LogP contribution in [0.2, 0.25) is 0 Å². The summed E-state index contributed by atoms with van der Waals surface area (Å²) in [6.45, 7) is 1.64. The average Bonchev–Trinajstić information content (AvgIpc) is 2.73. The van der Waals surface area contributed by atoms with E-state index in [9.17, 15) is 14.4 Å². The number of amides is 1. The molecule has 0 unspecified atom stereocenters. The number of methoxy groups -OCH3 is 1. The molecule has 1 aromatic carbocycles. The van der Waals surface area contributed by atoms with Gasteiger partial charge in [-0.25, -0.2) is 4.79 Å². The molecule has 8 heteroatoms. The van der Waals surface area contributed by atoms with E-state index in [0.717, 1.165) is 28.7 Å². The van der Waals surface area contributed by atoms with Crippen molar-refractivity contribution in [3.8, 4) is 5.75 Å². The van der Waals surface area contributed by atoms with Gasteiger partial charge in [0.2, 0.25) is 5.91 Å². The van der Waals surface area contributed by atoms with Crippen LogP contribution in [0.3, 0.4) is 0 Å². The van der Waals surface area contributed by atoms with Crippen molar-refractivity contribution in [2.45, 2.75) is 19.4 Å². The summed E-state index contributed by atoms with van der Waals surface area (Å²) in [5.41, 5.74) is 0.286. The molecule has 0 aliphatic carbocycles. The van der Waals surface area contributed by atoms with Crippen LogP contribution in [0.25, 0.3) is 0 Å². The van der Waals surface area contributed by atoms with Gasteiger partial charge in [0, 0.05) is 39.8 Å². The third-order valence-electron chi connectivity index (χ3n) is 5.24. The highest BCUT2D eigenvalue weighted by atomic mass is 16.5. The smallest absolute Gasteiger partial charge is 0.332 e. The van der Waals surface area contributed by atoms with Crippen LogP contribution >= 0.6 is 0 Å². The maximum atomic E-state index is 12.6. The van der Waals surface area contributed by atoms with Crippen LogP contribution in [0.5, 0.6) is 5.75 Å². The number of piperidine rings is 1. The molecule has 1 saturated heterocycles. The Hall–Kier alpha value is -3.03. The molecule has 0 bridgehead atoms. The van der Waals surface area contributed by atoms with Gasteiger partial charge in [0.15, 0.2) is 0 Å². The first kappa shape index (κ1) is 19.7. The Bertz CT molecular complexity index is 962. The van der Waals surface area contributed by atoms with Crippen LogP contribution in [-0.2, 0) is 25.4 Å². The number of nitrogens with one attached hydrogen (secondary N) is 1. The summed E-state index contributed by atoms with van der Waals surface area (Å²) in [6.07, 6.45) is 1.60. The normalized spacial score (nSPS) is 16.7. The van der Waals surface area contributed by atoms with Crippen LogP contribution in [-0.4, -0.2) is 35.2 Å². The predicted molar refractivity (Wildman–Crippen MR) is 107 cm³/mol. The molecule has 0 radical (unpaired) electrons. The number of benzene rings is 1. The molecule has 1 amide bonds. The second-order valence-electron chi connectivity index (χ2n) is 7.09. The molecule has 2 aromatic rings. The van der Waals surface area contributed by atoms with E-state index in [0.29, 0.717) is 25.5 Å². The minimum atomic E-state index is -0.367. The number of nitrogens with zero attached hydrogens (tertiary/aromatic N) is 3. The number of carbonyl (C=O) groups is 1. The maximum absolute atomic E-state index is 12.6. The molecular weight excluding hydrogens is 360 g/mol. The molecule has 2 heterocycles. The number of ether oxygens (including phenoxy) is 1. The summed E-state index contributed by atoms with van der Waals surface area (Å²) >= 11 is 0. The summed E-state index contributed by atoms with van der Waals surface area (Å²) < 4.78 is 7.67. The standard InChI is InChI=1S/C20H26N4O4/c1-22-17(11-18(25)23(2)20(22)27)24-10-4-5-15(13-24)19(26)21-12-14-6-8-16(28-3)9-7-14/h6-9,11,15H,4-5,10,12-13H2,1-3H3,(H,21,26)/t15-/m0/s1. The van der Waals surface area contributed by atoms with Crippen molar-refractivity contribution < 1.29 is 9.53 Å². The molecule has 28 heavy (non-hydrogen) atoms. The first-order valence-corrected chi connectivity index (χ1v) is 9.33. The largest absolute Gasteiger partial charge is 0.497 e. The molecule has 1 N–H and O–H groups in total. The fourth-order valence-corrected chi connectivity index (χ4v) is 3.50. The van der Waals surface area contributed by atoms with Crippen molar-refractivity contribution in [3.05, 3.63) is 56.7 Å². The van der Waals surface area contributed by atoms with Gasteiger partial charge in [0.25, 0.3) is 5.56 Å². The molecule has 1 aliphatic rings. The van der Waals surface area contributed by atoms with E-state index in [1.807, 2.05) is 29.2 Å². The van der Waals surface area contributed by atoms with Crippen molar-refractivity contribution in [2.24, 2.45) is 20.0 Å². The third-order valence-corrected chi connectivity index (χ3v) is 5.24. The van der Waals surface area contributed by atoms with Crippen molar-refractivity contribution in [1.29, 1.82) is 0 Å². The average molecular weight is 386 g/mol. The highest BCUT2D eigenvalue weighted by Gasteiger charge is 2.27. The zero-order valence-corrected chi connectivity index (χ0v) is 16.5. The lowest BCUT2D eigenvalue weighted by molar-refractivity contribution is -0.125. The monoisotopic (exact) mass is 386 g/mol. The molecule has 1 atom stereocenters. The van der Waals surface area contributed by atoms with Gasteiger partial charge in [-0.3, -0.25) is 18.7 Å². The molecule has 1 aromatic heterocycles. The predicted octanol–water partition coefficient (Wildman–Crippen LogP) is 0.625. The van der Waals surface area contributed by atoms with E-state index in [1.165, 1.54) is 17.7 Å². The molecule has 1 fully saturated rings. The van der Waals surface area contributed by atoms with Crippen molar-refractivity contribution in [1.82, 2.24) is 14.5 Å². The molecule has 3 rings (SSSR count). The van der Waals surface area contributed by atoms with Gasteiger partial charge < -0.3 is 15.0 Å². The van der Waals surface area contributed by atoms with E-state index < -0.39 is 0 Å². The minimum absolute atomic E-state index is 0.0191. The number of carbonyl (C=O) groups excluding carboxylic acids is 1. The highest BCUT2D eigenvalue weighted by Crippen LogP contribution is 2.21. The van der Waals surface area contributed by atoms with Gasteiger partial charge in [0.05, 0.1) is 13.0 Å². The first-order chi connectivity index (χ1) is 13.4. The summed E-state index contributed by atoms with van der Waals surface area (Å²) in [5.74, 6) is 1.12. The zero-order valence-electron chi connectivity index (χ0n) is 16.5. The van der Waals surface area contributed by atoms with Crippen LogP contribution in [0.15, 0.2) is 39.9 Å². The molecule has 150 valence electrons. The Morgan fingerprint density at radius 2 is 1.89 bits per heavy atom. The third kappa shape index (κ3) is 4.11. The van der Waals surface area contributed by atoms with Crippen molar-refractivity contribution in [2.75, 3.05) is 25.1 Å². The summed E-state index contributed by atoms with van der Waals surface area (Å²) in [4.78, 5) is 38.8. The Morgan fingerprint density at radius 1 is 1.18 bits per heavy atom. The van der Waals surface area contributed by atoms with Crippen LogP contribution < -0.4 is 26.2 Å². The Labute approximate surface area is 163 Å². The van der Waals surface area contributed by atoms with Crippen molar-refractivity contribution >= 4 is 11.7 Å². The topological polar surface area (TPSA) is 85.6 Å². The van der Waals surface area contributed by atoms with Gasteiger partial charge in [-0.05, 0) is 30.5 Å². The zero-order chi connectivity index (χ0) is 20.3. The quantitative estimate of drug-likeness (QED) is 0.815. The van der Waals surface area contributed by atoms with E-state index >= 15 is 0 Å². The number of aromatic nitrogens is 2. The lowest BCUT2D eigenvalue weighted by Crippen LogP contribution is -2.46. The number of hydrogen-bond acceptors (Lipinski definition) is 5. The number of hydrogen-bond donors (Lipinski definition) is 1. The summed E-state index contributed by atoms with van der Waals surface area (Å²) in [7, 11) is 4.72. The fourth-order valence-electron chi connectivity index (χ4n) is 3.50. The van der Waals surface area contributed by atoms with E-state index in [2.05, 4.69) is 5.32 Å². The fraction of sp³-hybridized carbons (Fsp3) is 0.450. The second-order valence-corrected chi connectivity index (χ2v) is 7.09. The number of anilines is 1. The Morgan fingerprint density at radius 3 is 2.57 bits per heavy atom. The van der Waals surface area contributed by atoms with Crippen LogP contribution in [0, 0.1) is 5.92 Å². The number of rotatable bonds is 5. The maximum Gasteiger partial charge on any atom is 0.332 e. The molecule has 1 aliphatic heterocycles. The van der Waals surface area contributed by atoms with E-state index in [-0.39, 0.29) is 23.1 Å². The van der Waals surface area contributed by atoms with Gasteiger partial charge in [0.1, 0.15) is 11.6 Å². The highest BCUT2D eigenvalue weighted by molar-refractivity contribution is 5.79. The molecule has 0 spiro atoms. The lowest BCUT2D eigenvalue weighted by Gasteiger charge is -2.34. The van der Waals surface area contributed by atoms with E-state index in [4.69, 9.17) is 4.74 Å². The van der Waals surface area contributed by atoms with E-state index in [1.54, 1.807) is 14.2 Å². The molecule has 0 saturated carbocycles. The summed E-state index contributed by atoms with van der Waals surface area (Å²) in [6, 6.07) is 9.02. The lowest BCUT2D eigenvalue weighted by atomic mass is 9.97. The van der Waals surface area contributed by atoms with Crippen LogP contribution in [0.4, 0.5) is 5.82 Å². The second kappa shape index (κ2) is 8.33. The SMILES string of the molecule is COc1ccc(CNC(=O)[C@H]2CCCN(c3cc(=O)n(C)c(=O)n3C)C2)cc1. The molecule has 8 nitrogen and oxygen atoms in total.